The lowest BCUT2D eigenvalue weighted by molar-refractivity contribution is 0.0763. The van der Waals surface area contributed by atoms with Crippen molar-refractivity contribution in [3.63, 3.8) is 0 Å². The molecule has 0 spiro atoms. The van der Waals surface area contributed by atoms with Gasteiger partial charge in [-0.3, -0.25) is 10.1 Å². The number of halogens is 5. The van der Waals surface area contributed by atoms with Gasteiger partial charge in [-0.05, 0) is 56.1 Å². The summed E-state index contributed by atoms with van der Waals surface area (Å²) in [5.41, 5.74) is 0.0277. The maximum atomic E-state index is 13.6. The summed E-state index contributed by atoms with van der Waals surface area (Å²) < 4.78 is 46.6. The Morgan fingerprint density at radius 3 is 2.31 bits per heavy atom. The molecule has 1 aliphatic carbocycles. The van der Waals surface area contributed by atoms with Gasteiger partial charge in [0.25, 0.3) is 11.8 Å². The van der Waals surface area contributed by atoms with E-state index in [4.69, 9.17) is 4.74 Å². The number of carbonyl (C=O) groups excluding carboxylic acids is 2. The smallest absolute Gasteiger partial charge is 0.326 e. The molecule has 29 heavy (non-hydrogen) atoms. The minimum absolute atomic E-state index is 0.143. The Balaban J connectivity index is 1.62. The van der Waals surface area contributed by atoms with Gasteiger partial charge in [-0.2, -0.15) is 0 Å². The second kappa shape index (κ2) is 8.35. The van der Waals surface area contributed by atoms with Gasteiger partial charge in [-0.15, -0.1) is 0 Å². The maximum Gasteiger partial charge on any atom is 0.326 e. The van der Waals surface area contributed by atoms with E-state index in [0.29, 0.717) is 20.4 Å². The summed E-state index contributed by atoms with van der Waals surface area (Å²) in [7, 11) is 0. The van der Waals surface area contributed by atoms with Gasteiger partial charge in [0.15, 0.2) is 0 Å². The number of anilines is 1. The van der Waals surface area contributed by atoms with Gasteiger partial charge in [-0.25, -0.2) is 18.0 Å². The van der Waals surface area contributed by atoms with Gasteiger partial charge in [0.05, 0.1) is 27.0 Å². The molecule has 10 heteroatoms. The SMILES string of the molecule is CC1C(COc2c(Br)cc(NC(=O)NC(=O)c3ccccc3F)cc2Br)C1(F)F. The molecular formula is C19H15Br2F3N2O3. The summed E-state index contributed by atoms with van der Waals surface area (Å²) in [4.78, 5) is 24.0. The number of urea groups is 1. The van der Waals surface area contributed by atoms with Crippen LogP contribution in [0.25, 0.3) is 0 Å². The van der Waals surface area contributed by atoms with Crippen LogP contribution in [0.4, 0.5) is 23.7 Å². The molecule has 2 aromatic carbocycles. The quantitative estimate of drug-likeness (QED) is 0.524. The van der Waals surface area contributed by atoms with Crippen molar-refractivity contribution in [1.82, 2.24) is 5.32 Å². The fraction of sp³-hybridized carbons (Fsp3) is 0.263. The highest BCUT2D eigenvalue weighted by Gasteiger charge is 2.65. The molecule has 3 rings (SSSR count). The van der Waals surface area contributed by atoms with Crippen LogP contribution in [-0.2, 0) is 0 Å². The molecule has 0 heterocycles. The molecule has 1 fully saturated rings. The Morgan fingerprint density at radius 2 is 1.76 bits per heavy atom. The molecule has 0 radical (unpaired) electrons. The van der Waals surface area contributed by atoms with Crippen LogP contribution in [-0.4, -0.2) is 24.5 Å². The summed E-state index contributed by atoms with van der Waals surface area (Å²) in [6.07, 6.45) is 0. The molecule has 2 unspecified atom stereocenters. The zero-order valence-electron chi connectivity index (χ0n) is 14.9. The van der Waals surface area contributed by atoms with Crippen molar-refractivity contribution >= 4 is 49.5 Å². The average Bonchev–Trinajstić information content (AvgIpc) is 3.11. The second-order valence-electron chi connectivity index (χ2n) is 6.54. The van der Waals surface area contributed by atoms with Crippen LogP contribution in [0.2, 0.25) is 0 Å². The first-order valence-electron chi connectivity index (χ1n) is 8.47. The number of carbonyl (C=O) groups is 2. The van der Waals surface area contributed by atoms with Gasteiger partial charge in [0.1, 0.15) is 11.6 Å². The largest absolute Gasteiger partial charge is 0.491 e. The van der Waals surface area contributed by atoms with Crippen LogP contribution < -0.4 is 15.4 Å². The molecule has 2 atom stereocenters. The van der Waals surface area contributed by atoms with Gasteiger partial charge < -0.3 is 10.1 Å². The van der Waals surface area contributed by atoms with E-state index >= 15 is 0 Å². The van der Waals surface area contributed by atoms with E-state index in [9.17, 15) is 22.8 Å². The Kier molecular flexibility index (Phi) is 6.23. The van der Waals surface area contributed by atoms with Crippen LogP contribution in [0.15, 0.2) is 45.3 Å². The molecule has 1 aliphatic rings. The second-order valence-corrected chi connectivity index (χ2v) is 8.25. The molecule has 3 amide bonds. The number of nitrogens with one attached hydrogen (secondary N) is 2. The Labute approximate surface area is 181 Å². The first-order chi connectivity index (χ1) is 13.6. The molecule has 0 aliphatic heterocycles. The van der Waals surface area contributed by atoms with Crippen molar-refractivity contribution in [2.75, 3.05) is 11.9 Å². The predicted molar refractivity (Wildman–Crippen MR) is 108 cm³/mol. The van der Waals surface area contributed by atoms with Gasteiger partial charge in [-0.1, -0.05) is 19.1 Å². The summed E-state index contributed by atoms with van der Waals surface area (Å²) >= 11 is 6.54. The summed E-state index contributed by atoms with van der Waals surface area (Å²) in [6.45, 7) is 1.32. The van der Waals surface area contributed by atoms with E-state index in [2.05, 4.69) is 37.2 Å². The van der Waals surface area contributed by atoms with Crippen LogP contribution in [0, 0.1) is 17.7 Å². The summed E-state index contributed by atoms with van der Waals surface area (Å²) in [6, 6.07) is 7.37. The van der Waals surface area contributed by atoms with Gasteiger partial charge in [0.2, 0.25) is 0 Å². The maximum absolute atomic E-state index is 13.6. The monoisotopic (exact) mass is 534 g/mol. The lowest BCUT2D eigenvalue weighted by Gasteiger charge is -2.13. The van der Waals surface area contributed by atoms with Crippen molar-refractivity contribution < 1.29 is 27.5 Å². The third-order valence-corrected chi connectivity index (χ3v) is 5.78. The number of ether oxygens (including phenoxy) is 1. The molecule has 0 aromatic heterocycles. The highest BCUT2D eigenvalue weighted by molar-refractivity contribution is 9.11. The van der Waals surface area contributed by atoms with E-state index < -0.39 is 35.5 Å². The zero-order valence-corrected chi connectivity index (χ0v) is 18.1. The summed E-state index contributed by atoms with van der Waals surface area (Å²) in [5.74, 6) is -5.61. The molecule has 154 valence electrons. The number of rotatable bonds is 5. The van der Waals surface area contributed by atoms with Crippen LogP contribution >= 0.6 is 31.9 Å². The first-order valence-corrected chi connectivity index (χ1v) is 10.1. The zero-order chi connectivity index (χ0) is 21.3. The number of imide groups is 1. The van der Waals surface area contributed by atoms with Gasteiger partial charge >= 0.3 is 6.03 Å². The third kappa shape index (κ3) is 4.75. The summed E-state index contributed by atoms with van der Waals surface area (Å²) in [5, 5.41) is 4.47. The van der Waals surface area contributed by atoms with Crippen LogP contribution in [0.5, 0.6) is 5.75 Å². The van der Waals surface area contributed by atoms with Gasteiger partial charge in [0, 0.05) is 11.6 Å². The first kappa shape index (κ1) is 21.6. The fourth-order valence-corrected chi connectivity index (χ4v) is 4.15. The van der Waals surface area contributed by atoms with Crippen LogP contribution in [0.1, 0.15) is 17.3 Å². The molecule has 5 nitrogen and oxygen atoms in total. The Bertz CT molecular complexity index is 948. The predicted octanol–water partition coefficient (Wildman–Crippen LogP) is 5.59. The number of hydrogen-bond acceptors (Lipinski definition) is 3. The van der Waals surface area contributed by atoms with Crippen molar-refractivity contribution in [2.45, 2.75) is 12.8 Å². The lowest BCUT2D eigenvalue weighted by atomic mass is 10.2. The molecule has 2 aromatic rings. The molecule has 0 bridgehead atoms. The minimum Gasteiger partial charge on any atom is -0.491 e. The molecule has 1 saturated carbocycles. The molecular weight excluding hydrogens is 521 g/mol. The number of benzene rings is 2. The minimum atomic E-state index is -2.72. The number of amides is 3. The lowest BCUT2D eigenvalue weighted by Crippen LogP contribution is -2.34. The Hall–Kier alpha value is -2.07. The Morgan fingerprint density at radius 1 is 1.17 bits per heavy atom. The van der Waals surface area contributed by atoms with E-state index in [1.807, 2.05) is 5.32 Å². The fourth-order valence-electron chi connectivity index (χ4n) is 2.74. The molecule has 2 N–H and O–H groups in total. The van der Waals surface area contributed by atoms with Crippen molar-refractivity contribution in [1.29, 1.82) is 0 Å². The van der Waals surface area contributed by atoms with E-state index in [1.54, 1.807) is 0 Å². The standard InChI is InChI=1S/C19H15Br2F3N2O3/c1-9-12(19(9,23)24)8-29-16-13(20)6-10(7-14(16)21)25-18(28)26-17(27)11-4-2-3-5-15(11)22/h2-7,9,12H,8H2,1H3,(H2,25,26,27,28). The topological polar surface area (TPSA) is 67.4 Å². The third-order valence-electron chi connectivity index (χ3n) is 4.60. The average molecular weight is 536 g/mol. The van der Waals surface area contributed by atoms with Crippen molar-refractivity contribution in [3.8, 4) is 5.75 Å². The number of hydrogen-bond donors (Lipinski definition) is 2. The normalized spacial score (nSPS) is 19.4. The number of alkyl halides is 2. The van der Waals surface area contributed by atoms with E-state index in [0.717, 1.165) is 6.07 Å². The molecule has 0 saturated heterocycles. The van der Waals surface area contributed by atoms with Crippen molar-refractivity contribution in [3.05, 3.63) is 56.7 Å². The highest BCUT2D eigenvalue weighted by Crippen LogP contribution is 2.55. The van der Waals surface area contributed by atoms with Crippen LogP contribution in [0.3, 0.4) is 0 Å². The highest BCUT2D eigenvalue weighted by atomic mass is 79.9. The van der Waals surface area contributed by atoms with E-state index in [-0.39, 0.29) is 12.2 Å². The van der Waals surface area contributed by atoms with E-state index in [1.165, 1.54) is 37.3 Å². The van der Waals surface area contributed by atoms with Crippen molar-refractivity contribution in [2.24, 2.45) is 11.8 Å².